The number of carbonyl (C=O) groups is 1. The minimum atomic E-state index is -0.121. The minimum absolute atomic E-state index is 0.121. The quantitative estimate of drug-likeness (QED) is 0.271. The number of imidazole rings is 1. The van der Waals surface area contributed by atoms with E-state index < -0.39 is 0 Å². The van der Waals surface area contributed by atoms with E-state index >= 15 is 0 Å². The lowest BCUT2D eigenvalue weighted by atomic mass is 9.95. The van der Waals surface area contributed by atoms with Crippen molar-refractivity contribution in [3.05, 3.63) is 106 Å². The van der Waals surface area contributed by atoms with Gasteiger partial charge in [-0.15, -0.1) is 0 Å². The van der Waals surface area contributed by atoms with Crippen LogP contribution in [0, 0.1) is 13.8 Å². The van der Waals surface area contributed by atoms with E-state index in [0.29, 0.717) is 10.7 Å². The van der Waals surface area contributed by atoms with Gasteiger partial charge in [-0.1, -0.05) is 60.1 Å². The van der Waals surface area contributed by atoms with Crippen LogP contribution >= 0.6 is 11.6 Å². The van der Waals surface area contributed by atoms with Crippen LogP contribution in [-0.2, 0) is 13.0 Å². The van der Waals surface area contributed by atoms with Gasteiger partial charge in [0.1, 0.15) is 11.3 Å². The maximum atomic E-state index is 14.0. The lowest BCUT2D eigenvalue weighted by Crippen LogP contribution is -2.15. The second kappa shape index (κ2) is 9.03. The molecule has 0 spiro atoms. The molecule has 0 saturated carbocycles. The molecule has 1 N–H and O–H groups in total. The van der Waals surface area contributed by atoms with Crippen LogP contribution in [-0.4, -0.2) is 14.9 Å². The first-order valence-corrected chi connectivity index (χ1v) is 12.9. The van der Waals surface area contributed by atoms with Crippen LogP contribution in [0.4, 0.5) is 5.69 Å². The molecule has 0 atom stereocenters. The van der Waals surface area contributed by atoms with E-state index in [-0.39, 0.29) is 5.91 Å². The Kier molecular flexibility index (Phi) is 5.69. The Morgan fingerprint density at radius 2 is 1.67 bits per heavy atom. The predicted octanol–water partition coefficient (Wildman–Crippen LogP) is 7.93. The number of rotatable bonds is 4. The first-order valence-electron chi connectivity index (χ1n) is 12.5. The molecule has 3 heterocycles. The zero-order valence-electron chi connectivity index (χ0n) is 20.5. The lowest BCUT2D eigenvalue weighted by molar-refractivity contribution is 0.102. The van der Waals surface area contributed by atoms with E-state index in [0.717, 1.165) is 59.5 Å². The van der Waals surface area contributed by atoms with Crippen LogP contribution in [0.25, 0.3) is 28.0 Å². The van der Waals surface area contributed by atoms with Gasteiger partial charge in [-0.3, -0.25) is 9.20 Å². The van der Waals surface area contributed by atoms with Gasteiger partial charge in [-0.2, -0.15) is 0 Å². The van der Waals surface area contributed by atoms with Crippen molar-refractivity contribution in [2.75, 3.05) is 5.32 Å². The van der Waals surface area contributed by atoms with Gasteiger partial charge in [0, 0.05) is 34.6 Å². The van der Waals surface area contributed by atoms with Crippen molar-refractivity contribution >= 4 is 28.8 Å². The molecule has 1 aliphatic rings. The molecule has 180 valence electrons. The fourth-order valence-electron chi connectivity index (χ4n) is 5.38. The van der Waals surface area contributed by atoms with E-state index in [1.54, 1.807) is 12.1 Å². The largest absolute Gasteiger partial charge is 0.325 e. The smallest absolute Gasteiger partial charge is 0.273 e. The maximum Gasteiger partial charge on any atom is 0.273 e. The molecular weight excluding hydrogens is 466 g/mol. The van der Waals surface area contributed by atoms with Gasteiger partial charge in [-0.25, -0.2) is 0 Å². The highest BCUT2D eigenvalue weighted by molar-refractivity contribution is 6.30. The van der Waals surface area contributed by atoms with Crippen molar-refractivity contribution in [3.63, 3.8) is 0 Å². The van der Waals surface area contributed by atoms with Crippen molar-refractivity contribution in [1.82, 2.24) is 8.97 Å². The molecule has 3 aromatic carbocycles. The number of nitrogens with zero attached hydrogens (tertiary/aromatic N) is 2. The first kappa shape index (κ1) is 22.7. The van der Waals surface area contributed by atoms with Gasteiger partial charge < -0.3 is 9.88 Å². The number of anilines is 1. The van der Waals surface area contributed by atoms with E-state index in [2.05, 4.69) is 76.8 Å². The van der Waals surface area contributed by atoms with Gasteiger partial charge >= 0.3 is 0 Å². The highest BCUT2D eigenvalue weighted by atomic mass is 35.5. The molecule has 0 saturated heterocycles. The van der Waals surface area contributed by atoms with Crippen molar-refractivity contribution in [2.24, 2.45) is 0 Å². The molecule has 0 radical (unpaired) electrons. The first-order chi connectivity index (χ1) is 17.5. The van der Waals surface area contributed by atoms with Crippen LogP contribution in [0.2, 0.25) is 5.02 Å². The molecular formula is C31H28ClN3O. The molecule has 0 aliphatic carbocycles. The molecule has 4 nitrogen and oxygen atoms in total. The number of aryl methyl sites for hydroxylation is 4. The van der Waals surface area contributed by atoms with E-state index in [9.17, 15) is 4.79 Å². The standard InChI is InChI=1S/C31H28ClN3O/c1-20-11-12-23(18-21(20)2)28-26-10-6-7-17-34-27(22-8-4-3-5-9-22)19-35(31(26)34)29(28)30(36)33-25-15-13-24(32)14-16-25/h3-5,8-9,11-16,18-19H,6-7,10,17H2,1-2H3,(H,33,36). The molecule has 0 fully saturated rings. The average Bonchev–Trinajstić information content (AvgIpc) is 3.30. The molecule has 1 aliphatic heterocycles. The normalized spacial score (nSPS) is 13.1. The van der Waals surface area contributed by atoms with Crippen LogP contribution in [0.15, 0.2) is 79.0 Å². The van der Waals surface area contributed by atoms with Gasteiger partial charge in [-0.05, 0) is 79.6 Å². The molecule has 1 amide bonds. The Balaban J connectivity index is 1.62. The molecule has 0 bridgehead atoms. The summed E-state index contributed by atoms with van der Waals surface area (Å²) >= 11 is 6.08. The van der Waals surface area contributed by atoms with Crippen LogP contribution in [0.3, 0.4) is 0 Å². The number of hydrogen-bond donors (Lipinski definition) is 1. The SMILES string of the molecule is Cc1ccc(-c2c3c4n(c(-c5ccccc5)cn4c2C(=O)Nc2ccc(Cl)cc2)CCCC3)cc1C. The molecule has 36 heavy (non-hydrogen) atoms. The summed E-state index contributed by atoms with van der Waals surface area (Å²) in [6.07, 6.45) is 5.28. The number of carbonyl (C=O) groups excluding carboxylic acids is 1. The molecule has 6 rings (SSSR count). The monoisotopic (exact) mass is 493 g/mol. The van der Waals surface area contributed by atoms with E-state index in [4.69, 9.17) is 11.6 Å². The number of benzene rings is 3. The number of halogens is 1. The van der Waals surface area contributed by atoms with Gasteiger partial charge in [0.05, 0.1) is 5.69 Å². The summed E-state index contributed by atoms with van der Waals surface area (Å²) in [4.78, 5) is 14.0. The number of hydrogen-bond acceptors (Lipinski definition) is 1. The van der Waals surface area contributed by atoms with E-state index in [1.807, 2.05) is 18.2 Å². The van der Waals surface area contributed by atoms with Gasteiger partial charge in [0.15, 0.2) is 0 Å². The summed E-state index contributed by atoms with van der Waals surface area (Å²) in [6, 6.07) is 24.2. The lowest BCUT2D eigenvalue weighted by Gasteiger charge is -2.12. The molecule has 5 aromatic rings. The van der Waals surface area contributed by atoms with Gasteiger partial charge in [0.25, 0.3) is 5.91 Å². The Hall–Kier alpha value is -3.76. The molecule has 5 heteroatoms. The Morgan fingerprint density at radius 3 is 2.42 bits per heavy atom. The molecule has 0 unspecified atom stereocenters. The average molecular weight is 494 g/mol. The number of nitrogens with one attached hydrogen (secondary N) is 1. The van der Waals surface area contributed by atoms with Crippen molar-refractivity contribution < 1.29 is 4.79 Å². The zero-order chi connectivity index (χ0) is 24.8. The second-order valence-electron chi connectivity index (χ2n) is 9.64. The maximum absolute atomic E-state index is 14.0. The number of amides is 1. The summed E-state index contributed by atoms with van der Waals surface area (Å²) in [5.41, 5.74) is 10.7. The third-order valence-electron chi connectivity index (χ3n) is 7.32. The van der Waals surface area contributed by atoms with Crippen molar-refractivity contribution in [2.45, 2.75) is 39.7 Å². The summed E-state index contributed by atoms with van der Waals surface area (Å²) in [5.74, 6) is -0.121. The predicted molar refractivity (Wildman–Crippen MR) is 148 cm³/mol. The summed E-state index contributed by atoms with van der Waals surface area (Å²) in [6.45, 7) is 5.19. The van der Waals surface area contributed by atoms with Crippen molar-refractivity contribution in [1.29, 1.82) is 0 Å². The fraction of sp³-hybridized carbons (Fsp3) is 0.194. The Morgan fingerprint density at radius 1 is 0.889 bits per heavy atom. The summed E-state index contributed by atoms with van der Waals surface area (Å²) in [5, 5.41) is 3.77. The fourth-order valence-corrected chi connectivity index (χ4v) is 5.51. The number of aromatic nitrogens is 2. The highest BCUT2D eigenvalue weighted by Crippen LogP contribution is 2.40. The van der Waals surface area contributed by atoms with Gasteiger partial charge in [0.2, 0.25) is 0 Å². The Bertz CT molecular complexity index is 1590. The second-order valence-corrected chi connectivity index (χ2v) is 10.1. The van der Waals surface area contributed by atoms with Crippen LogP contribution < -0.4 is 5.32 Å². The van der Waals surface area contributed by atoms with Crippen molar-refractivity contribution in [3.8, 4) is 22.4 Å². The topological polar surface area (TPSA) is 38.4 Å². The third kappa shape index (κ3) is 3.82. The van der Waals surface area contributed by atoms with Crippen LogP contribution in [0.5, 0.6) is 0 Å². The zero-order valence-corrected chi connectivity index (χ0v) is 21.3. The summed E-state index contributed by atoms with van der Waals surface area (Å²) in [7, 11) is 0. The van der Waals surface area contributed by atoms with E-state index in [1.165, 1.54) is 16.7 Å². The molecule has 2 aromatic heterocycles. The highest BCUT2D eigenvalue weighted by Gasteiger charge is 2.29. The third-order valence-corrected chi connectivity index (χ3v) is 7.57. The Labute approximate surface area is 216 Å². The summed E-state index contributed by atoms with van der Waals surface area (Å²) < 4.78 is 4.53. The van der Waals surface area contributed by atoms with Crippen LogP contribution in [0.1, 0.15) is 40.0 Å². The minimum Gasteiger partial charge on any atom is -0.325 e.